The summed E-state index contributed by atoms with van der Waals surface area (Å²) in [6, 6.07) is 7.80. The summed E-state index contributed by atoms with van der Waals surface area (Å²) in [7, 11) is 0. The van der Waals surface area contributed by atoms with Gasteiger partial charge in [0, 0.05) is 24.2 Å². The van der Waals surface area contributed by atoms with Gasteiger partial charge in [0.25, 0.3) is 0 Å². The van der Waals surface area contributed by atoms with E-state index in [2.05, 4.69) is 4.90 Å². The molecule has 0 bridgehead atoms. The molecule has 5 heteroatoms. The first-order valence-corrected chi connectivity index (χ1v) is 8.45. The lowest BCUT2D eigenvalue weighted by Crippen LogP contribution is -2.51. The molecule has 0 aromatic heterocycles. The molecular formula is C17H24ClNO3. The number of rotatable bonds is 4. The summed E-state index contributed by atoms with van der Waals surface area (Å²) in [5.41, 5.74) is -0.960. The standard InChI is InChI=1S/C17H24ClNO3/c18-14-5-7-16(8-6-14)22-13-17(20)11-19(9-10-21-12-17)15-3-1-2-4-15/h5-8,15,20H,1-4,9-13H2. The predicted molar refractivity (Wildman–Crippen MR) is 86.5 cm³/mol. The van der Waals surface area contributed by atoms with Crippen LogP contribution in [0.5, 0.6) is 5.75 Å². The molecule has 4 nitrogen and oxygen atoms in total. The molecule has 0 radical (unpaired) electrons. The van der Waals surface area contributed by atoms with Crippen molar-refractivity contribution in [2.45, 2.75) is 37.3 Å². The molecule has 3 rings (SSSR count). The Hall–Kier alpha value is -0.810. The molecule has 22 heavy (non-hydrogen) atoms. The highest BCUT2D eigenvalue weighted by molar-refractivity contribution is 6.30. The van der Waals surface area contributed by atoms with Crippen molar-refractivity contribution in [2.75, 3.05) is 32.9 Å². The smallest absolute Gasteiger partial charge is 0.134 e. The lowest BCUT2D eigenvalue weighted by molar-refractivity contribution is -0.0669. The highest BCUT2D eigenvalue weighted by Gasteiger charge is 2.36. The molecule has 2 aliphatic rings. The highest BCUT2D eigenvalue weighted by Crippen LogP contribution is 2.26. The summed E-state index contributed by atoms with van der Waals surface area (Å²) < 4.78 is 11.4. The maximum absolute atomic E-state index is 10.9. The predicted octanol–water partition coefficient (Wildman–Crippen LogP) is 2.72. The van der Waals surface area contributed by atoms with Crippen LogP contribution < -0.4 is 4.74 Å². The molecular weight excluding hydrogens is 302 g/mol. The average molecular weight is 326 g/mol. The minimum atomic E-state index is -0.960. The fourth-order valence-corrected chi connectivity index (χ4v) is 3.49. The first-order chi connectivity index (χ1) is 10.6. The zero-order valence-corrected chi connectivity index (χ0v) is 13.6. The third-order valence-electron chi connectivity index (χ3n) is 4.55. The van der Waals surface area contributed by atoms with Crippen LogP contribution in [0.2, 0.25) is 5.02 Å². The van der Waals surface area contributed by atoms with Gasteiger partial charge in [-0.2, -0.15) is 0 Å². The van der Waals surface area contributed by atoms with Gasteiger partial charge in [0.05, 0.1) is 13.2 Å². The number of nitrogens with zero attached hydrogens (tertiary/aromatic N) is 1. The fraction of sp³-hybridized carbons (Fsp3) is 0.647. The summed E-state index contributed by atoms with van der Waals surface area (Å²) in [6.45, 7) is 2.75. The van der Waals surface area contributed by atoms with Gasteiger partial charge < -0.3 is 14.6 Å². The Bertz CT molecular complexity index is 475. The minimum Gasteiger partial charge on any atom is -0.490 e. The van der Waals surface area contributed by atoms with Crippen molar-refractivity contribution in [2.24, 2.45) is 0 Å². The second kappa shape index (κ2) is 7.18. The largest absolute Gasteiger partial charge is 0.490 e. The van der Waals surface area contributed by atoms with E-state index in [0.29, 0.717) is 30.8 Å². The van der Waals surface area contributed by atoms with Gasteiger partial charge in [0.2, 0.25) is 0 Å². The quantitative estimate of drug-likeness (QED) is 0.924. The Balaban J connectivity index is 1.60. The van der Waals surface area contributed by atoms with E-state index in [-0.39, 0.29) is 6.61 Å². The molecule has 1 heterocycles. The van der Waals surface area contributed by atoms with Crippen molar-refractivity contribution in [3.05, 3.63) is 29.3 Å². The van der Waals surface area contributed by atoms with E-state index in [0.717, 1.165) is 12.3 Å². The van der Waals surface area contributed by atoms with Crippen LogP contribution in [0, 0.1) is 0 Å². The van der Waals surface area contributed by atoms with Crippen LogP contribution in [0.4, 0.5) is 0 Å². The van der Waals surface area contributed by atoms with Gasteiger partial charge in [-0.3, -0.25) is 4.90 Å². The van der Waals surface area contributed by atoms with Gasteiger partial charge >= 0.3 is 0 Å². The van der Waals surface area contributed by atoms with Crippen LogP contribution in [0.15, 0.2) is 24.3 Å². The van der Waals surface area contributed by atoms with E-state index in [1.165, 1.54) is 25.7 Å². The molecule has 1 aliphatic heterocycles. The van der Waals surface area contributed by atoms with Crippen LogP contribution >= 0.6 is 11.6 Å². The lowest BCUT2D eigenvalue weighted by Gasteiger charge is -2.33. The van der Waals surface area contributed by atoms with E-state index in [1.54, 1.807) is 12.1 Å². The number of aliphatic hydroxyl groups is 1. The topological polar surface area (TPSA) is 41.9 Å². The van der Waals surface area contributed by atoms with Crippen LogP contribution in [-0.2, 0) is 4.74 Å². The Kier molecular flexibility index (Phi) is 5.24. The van der Waals surface area contributed by atoms with Crippen LogP contribution in [0.3, 0.4) is 0 Å². The first kappa shape index (κ1) is 16.1. The Labute approximate surface area is 137 Å². The number of hydrogen-bond acceptors (Lipinski definition) is 4. The summed E-state index contributed by atoms with van der Waals surface area (Å²) in [6.07, 6.45) is 5.05. The number of benzene rings is 1. The van der Waals surface area contributed by atoms with Crippen molar-refractivity contribution >= 4 is 11.6 Å². The number of ether oxygens (including phenoxy) is 2. The summed E-state index contributed by atoms with van der Waals surface area (Å²) in [5, 5.41) is 11.6. The third kappa shape index (κ3) is 4.13. The van der Waals surface area contributed by atoms with Crippen molar-refractivity contribution in [3.63, 3.8) is 0 Å². The maximum Gasteiger partial charge on any atom is 0.134 e. The number of halogens is 1. The van der Waals surface area contributed by atoms with Crippen LogP contribution in [0.25, 0.3) is 0 Å². The monoisotopic (exact) mass is 325 g/mol. The van der Waals surface area contributed by atoms with E-state index >= 15 is 0 Å². The molecule has 0 amide bonds. The molecule has 1 saturated heterocycles. The lowest BCUT2D eigenvalue weighted by atomic mass is 10.0. The third-order valence-corrected chi connectivity index (χ3v) is 4.81. The summed E-state index contributed by atoms with van der Waals surface area (Å²) in [5.74, 6) is 0.717. The second-order valence-electron chi connectivity index (χ2n) is 6.43. The molecule has 2 fully saturated rings. The molecule has 122 valence electrons. The molecule has 1 N–H and O–H groups in total. The SMILES string of the molecule is OC1(COc2ccc(Cl)cc2)COCCN(C2CCCC2)C1. The molecule has 1 aromatic carbocycles. The van der Waals surface area contributed by atoms with Gasteiger partial charge in [-0.05, 0) is 37.1 Å². The summed E-state index contributed by atoms with van der Waals surface area (Å²) >= 11 is 5.87. The van der Waals surface area contributed by atoms with Gasteiger partial charge in [0.1, 0.15) is 18.0 Å². The summed E-state index contributed by atoms with van der Waals surface area (Å²) in [4.78, 5) is 2.38. The van der Waals surface area contributed by atoms with Gasteiger partial charge in [-0.1, -0.05) is 24.4 Å². The number of β-amino-alcohol motifs (C(OH)–C–C–N with tert-alkyl or cyclic N) is 1. The maximum atomic E-state index is 10.9. The highest BCUT2D eigenvalue weighted by atomic mass is 35.5. The van der Waals surface area contributed by atoms with Crippen LogP contribution in [-0.4, -0.2) is 54.6 Å². The van der Waals surface area contributed by atoms with Crippen molar-refractivity contribution < 1.29 is 14.6 Å². The van der Waals surface area contributed by atoms with Gasteiger partial charge in [0.15, 0.2) is 0 Å². The Morgan fingerprint density at radius 2 is 2.00 bits per heavy atom. The average Bonchev–Trinajstić information content (AvgIpc) is 2.98. The van der Waals surface area contributed by atoms with E-state index in [4.69, 9.17) is 21.1 Å². The zero-order valence-electron chi connectivity index (χ0n) is 12.8. The Morgan fingerprint density at radius 3 is 2.73 bits per heavy atom. The molecule has 1 unspecified atom stereocenters. The van der Waals surface area contributed by atoms with Crippen LogP contribution in [0.1, 0.15) is 25.7 Å². The van der Waals surface area contributed by atoms with E-state index < -0.39 is 5.60 Å². The van der Waals surface area contributed by atoms with Gasteiger partial charge in [-0.15, -0.1) is 0 Å². The van der Waals surface area contributed by atoms with Crippen molar-refractivity contribution in [1.29, 1.82) is 0 Å². The van der Waals surface area contributed by atoms with Gasteiger partial charge in [-0.25, -0.2) is 0 Å². The van der Waals surface area contributed by atoms with E-state index in [1.807, 2.05) is 12.1 Å². The molecule has 0 spiro atoms. The van der Waals surface area contributed by atoms with Crippen molar-refractivity contribution in [3.8, 4) is 5.75 Å². The first-order valence-electron chi connectivity index (χ1n) is 8.07. The number of hydrogen-bond donors (Lipinski definition) is 1. The molecule has 1 saturated carbocycles. The molecule has 1 aliphatic carbocycles. The molecule has 1 atom stereocenters. The van der Waals surface area contributed by atoms with E-state index in [9.17, 15) is 5.11 Å². The van der Waals surface area contributed by atoms with Crippen molar-refractivity contribution in [1.82, 2.24) is 4.90 Å². The Morgan fingerprint density at radius 1 is 1.27 bits per heavy atom. The second-order valence-corrected chi connectivity index (χ2v) is 6.86. The minimum absolute atomic E-state index is 0.234. The molecule has 1 aromatic rings. The zero-order chi connectivity index (χ0) is 15.4. The fourth-order valence-electron chi connectivity index (χ4n) is 3.36. The normalized spacial score (nSPS) is 27.7.